The molecule has 8 nitrogen and oxygen atoms in total. The largest absolute Gasteiger partial charge is 0.480 e. The molecule has 2 amide bonds. The van der Waals surface area contributed by atoms with E-state index >= 15 is 0 Å². The first-order valence-corrected chi connectivity index (χ1v) is 6.34. The van der Waals surface area contributed by atoms with Gasteiger partial charge in [-0.2, -0.15) is 0 Å². The lowest BCUT2D eigenvalue weighted by Gasteiger charge is -2.26. The van der Waals surface area contributed by atoms with E-state index in [1.807, 2.05) is 6.92 Å². The van der Waals surface area contributed by atoms with Crippen molar-refractivity contribution in [3.8, 4) is 0 Å². The second kappa shape index (κ2) is 6.18. The number of aromatic nitrogens is 3. The number of nitrogens with one attached hydrogen (secondary N) is 1. The minimum absolute atomic E-state index is 0.148. The Balaban J connectivity index is 1.82. The second-order valence-corrected chi connectivity index (χ2v) is 4.72. The molecule has 2 heterocycles. The Bertz CT molecular complexity index is 537. The van der Waals surface area contributed by atoms with Gasteiger partial charge in [-0.05, 0) is 13.3 Å². The molecule has 20 heavy (non-hydrogen) atoms. The number of amides is 2. The predicted molar refractivity (Wildman–Crippen MR) is 69.8 cm³/mol. The molecular weight excluding hydrogens is 262 g/mol. The van der Waals surface area contributed by atoms with E-state index in [0.717, 1.165) is 6.42 Å². The molecule has 0 atom stereocenters. The van der Waals surface area contributed by atoms with Gasteiger partial charge in [-0.3, -0.25) is 4.79 Å². The molecule has 0 aromatic carbocycles. The Kier molecular flexibility index (Phi) is 4.34. The molecule has 0 saturated carbocycles. The summed E-state index contributed by atoms with van der Waals surface area (Å²) in [4.78, 5) is 24.2. The minimum atomic E-state index is -0.985. The number of carbonyl (C=O) groups is 2. The van der Waals surface area contributed by atoms with Gasteiger partial charge < -0.3 is 15.3 Å². The maximum Gasteiger partial charge on any atom is 0.325 e. The summed E-state index contributed by atoms with van der Waals surface area (Å²) >= 11 is 0. The smallest absolute Gasteiger partial charge is 0.325 e. The third-order valence-corrected chi connectivity index (χ3v) is 2.92. The van der Waals surface area contributed by atoms with Gasteiger partial charge in [0.05, 0.1) is 12.7 Å². The molecule has 2 N–H and O–H groups in total. The van der Waals surface area contributed by atoms with E-state index in [2.05, 4.69) is 21.7 Å². The van der Waals surface area contributed by atoms with Crippen LogP contribution in [0.25, 0.3) is 0 Å². The SMILES string of the molecule is CC1=CCCN(C(=O)NCc2cn(CC(=O)O)nn2)C1. The Labute approximate surface area is 116 Å². The maximum absolute atomic E-state index is 11.9. The van der Waals surface area contributed by atoms with Gasteiger partial charge in [-0.25, -0.2) is 9.48 Å². The van der Waals surface area contributed by atoms with Crippen LogP contribution in [0.4, 0.5) is 4.79 Å². The average molecular weight is 279 g/mol. The number of rotatable bonds is 4. The Morgan fingerprint density at radius 3 is 3.00 bits per heavy atom. The number of hydrogen-bond donors (Lipinski definition) is 2. The molecule has 0 fully saturated rings. The monoisotopic (exact) mass is 279 g/mol. The first-order chi connectivity index (χ1) is 9.54. The zero-order valence-corrected chi connectivity index (χ0v) is 11.2. The molecule has 1 aliphatic rings. The van der Waals surface area contributed by atoms with Gasteiger partial charge in [0.25, 0.3) is 0 Å². The summed E-state index contributed by atoms with van der Waals surface area (Å²) in [6, 6.07) is -0.148. The van der Waals surface area contributed by atoms with Crippen molar-refractivity contribution in [2.75, 3.05) is 13.1 Å². The third-order valence-electron chi connectivity index (χ3n) is 2.92. The summed E-state index contributed by atoms with van der Waals surface area (Å²) in [6.45, 7) is 3.33. The van der Waals surface area contributed by atoms with Gasteiger partial charge in [-0.1, -0.05) is 16.9 Å². The van der Waals surface area contributed by atoms with E-state index in [9.17, 15) is 9.59 Å². The molecule has 0 radical (unpaired) electrons. The van der Waals surface area contributed by atoms with Crippen molar-refractivity contribution in [3.63, 3.8) is 0 Å². The molecule has 0 saturated heterocycles. The van der Waals surface area contributed by atoms with E-state index in [0.29, 0.717) is 18.8 Å². The van der Waals surface area contributed by atoms with E-state index in [1.165, 1.54) is 16.5 Å². The lowest BCUT2D eigenvalue weighted by Crippen LogP contribution is -2.42. The Hall–Kier alpha value is -2.38. The van der Waals surface area contributed by atoms with Crippen molar-refractivity contribution < 1.29 is 14.7 Å². The van der Waals surface area contributed by atoms with Gasteiger partial charge >= 0.3 is 12.0 Å². The second-order valence-electron chi connectivity index (χ2n) is 4.72. The van der Waals surface area contributed by atoms with Crippen molar-refractivity contribution in [1.29, 1.82) is 0 Å². The van der Waals surface area contributed by atoms with E-state index in [-0.39, 0.29) is 19.1 Å². The molecule has 108 valence electrons. The van der Waals surface area contributed by atoms with Crippen LogP contribution in [0.5, 0.6) is 0 Å². The molecular formula is C12H17N5O3. The maximum atomic E-state index is 11.9. The fourth-order valence-electron chi connectivity index (χ4n) is 2.00. The highest BCUT2D eigenvalue weighted by Crippen LogP contribution is 2.08. The van der Waals surface area contributed by atoms with E-state index in [1.54, 1.807) is 4.90 Å². The lowest BCUT2D eigenvalue weighted by atomic mass is 10.1. The molecule has 0 unspecified atom stereocenters. The minimum Gasteiger partial charge on any atom is -0.480 e. The molecule has 0 spiro atoms. The van der Waals surface area contributed by atoms with Crippen molar-refractivity contribution in [2.45, 2.75) is 26.4 Å². The predicted octanol–water partition coefficient (Wildman–Crippen LogP) is 0.224. The summed E-state index contributed by atoms with van der Waals surface area (Å²) in [5.41, 5.74) is 1.71. The number of aliphatic carboxylic acids is 1. The molecule has 1 aliphatic heterocycles. The highest BCUT2D eigenvalue weighted by Gasteiger charge is 2.16. The van der Waals surface area contributed by atoms with Gasteiger partial charge in [0, 0.05) is 13.1 Å². The average Bonchev–Trinajstić information content (AvgIpc) is 2.82. The molecule has 8 heteroatoms. The summed E-state index contributed by atoms with van der Waals surface area (Å²) in [5, 5.41) is 18.8. The number of nitrogens with zero attached hydrogens (tertiary/aromatic N) is 4. The van der Waals surface area contributed by atoms with Crippen LogP contribution < -0.4 is 5.32 Å². The Morgan fingerprint density at radius 1 is 1.50 bits per heavy atom. The molecule has 1 aromatic rings. The number of carbonyl (C=O) groups excluding carboxylic acids is 1. The van der Waals surface area contributed by atoms with E-state index < -0.39 is 5.97 Å². The van der Waals surface area contributed by atoms with Gasteiger partial charge in [-0.15, -0.1) is 5.10 Å². The van der Waals surface area contributed by atoms with Crippen molar-refractivity contribution in [3.05, 3.63) is 23.5 Å². The van der Waals surface area contributed by atoms with Crippen LogP contribution in [0.2, 0.25) is 0 Å². The van der Waals surface area contributed by atoms with Crippen molar-refractivity contribution >= 4 is 12.0 Å². The van der Waals surface area contributed by atoms with Crippen LogP contribution in [0.15, 0.2) is 17.8 Å². The van der Waals surface area contributed by atoms with Crippen LogP contribution in [-0.2, 0) is 17.9 Å². The van der Waals surface area contributed by atoms with E-state index in [4.69, 9.17) is 5.11 Å². The number of urea groups is 1. The lowest BCUT2D eigenvalue weighted by molar-refractivity contribution is -0.137. The van der Waals surface area contributed by atoms with Gasteiger partial charge in [0.15, 0.2) is 0 Å². The summed E-state index contributed by atoms with van der Waals surface area (Å²) in [7, 11) is 0. The van der Waals surface area contributed by atoms with Crippen LogP contribution in [0.1, 0.15) is 19.0 Å². The fourth-order valence-corrected chi connectivity index (χ4v) is 2.00. The summed E-state index contributed by atoms with van der Waals surface area (Å²) in [5.74, 6) is -0.985. The van der Waals surface area contributed by atoms with Crippen LogP contribution >= 0.6 is 0 Å². The molecule has 2 rings (SSSR count). The third kappa shape index (κ3) is 3.81. The van der Waals surface area contributed by atoms with Crippen LogP contribution in [-0.4, -0.2) is 50.1 Å². The summed E-state index contributed by atoms with van der Waals surface area (Å²) < 4.78 is 1.22. The highest BCUT2D eigenvalue weighted by atomic mass is 16.4. The van der Waals surface area contributed by atoms with Gasteiger partial charge in [0.2, 0.25) is 0 Å². The first-order valence-electron chi connectivity index (χ1n) is 6.34. The molecule has 0 bridgehead atoms. The van der Waals surface area contributed by atoms with Crippen molar-refractivity contribution in [1.82, 2.24) is 25.2 Å². The number of hydrogen-bond acceptors (Lipinski definition) is 4. The standard InChI is InChI=1S/C12H17N5O3/c1-9-3-2-4-16(6-9)12(20)13-5-10-7-17(15-14-10)8-11(18)19/h3,7H,2,4-6,8H2,1H3,(H,13,20)(H,18,19). The quantitative estimate of drug-likeness (QED) is 0.768. The highest BCUT2D eigenvalue weighted by molar-refractivity contribution is 5.74. The molecule has 0 aliphatic carbocycles. The first kappa shape index (κ1) is 14.0. The van der Waals surface area contributed by atoms with Gasteiger partial charge in [0.1, 0.15) is 12.2 Å². The zero-order chi connectivity index (χ0) is 14.5. The molecule has 1 aromatic heterocycles. The van der Waals surface area contributed by atoms with Crippen LogP contribution in [0.3, 0.4) is 0 Å². The zero-order valence-electron chi connectivity index (χ0n) is 11.2. The fraction of sp³-hybridized carbons (Fsp3) is 0.500. The number of carboxylic acids is 1. The van der Waals surface area contributed by atoms with Crippen LogP contribution in [0, 0.1) is 0 Å². The topological polar surface area (TPSA) is 100 Å². The van der Waals surface area contributed by atoms with Crippen molar-refractivity contribution in [2.24, 2.45) is 0 Å². The number of carboxylic acid groups (broad SMARTS) is 1. The summed E-state index contributed by atoms with van der Waals surface area (Å²) in [6.07, 6.45) is 4.51. The normalized spacial score (nSPS) is 14.8. The Morgan fingerprint density at radius 2 is 2.30 bits per heavy atom.